The van der Waals surface area contributed by atoms with Crippen molar-refractivity contribution in [1.82, 2.24) is 4.90 Å². The fourth-order valence-corrected chi connectivity index (χ4v) is 4.95. The zero-order chi connectivity index (χ0) is 20.6. The molecule has 0 bridgehead atoms. The van der Waals surface area contributed by atoms with Gasteiger partial charge in [0.15, 0.2) is 5.79 Å². The number of carbonyl (C=O) groups is 2. The minimum absolute atomic E-state index is 0.0146. The van der Waals surface area contributed by atoms with E-state index in [1.165, 1.54) is 11.8 Å². The van der Waals surface area contributed by atoms with Gasteiger partial charge in [0.25, 0.3) is 11.8 Å². The van der Waals surface area contributed by atoms with Crippen LogP contribution in [-0.2, 0) is 14.3 Å². The van der Waals surface area contributed by atoms with E-state index in [-0.39, 0.29) is 11.8 Å². The molecule has 154 valence electrons. The number of rotatable bonds is 2. The molecule has 1 N–H and O–H groups in total. The Hall–Kier alpha value is -2.61. The number of amides is 2. The summed E-state index contributed by atoms with van der Waals surface area (Å²) in [6, 6.07) is 15.1. The summed E-state index contributed by atoms with van der Waals surface area (Å²) in [4.78, 5) is 28.7. The highest BCUT2D eigenvalue weighted by Gasteiger charge is 2.40. The Morgan fingerprint density at radius 1 is 1.03 bits per heavy atom. The monoisotopic (exact) mass is 422 g/mol. The largest absolute Gasteiger partial charge is 0.347 e. The molecular weight excluding hydrogens is 400 g/mol. The highest BCUT2D eigenvalue weighted by molar-refractivity contribution is 8.04. The van der Waals surface area contributed by atoms with Crippen LogP contribution in [0.3, 0.4) is 0 Å². The number of benzene rings is 2. The molecular formula is C23H22N2O4S. The minimum Gasteiger partial charge on any atom is -0.347 e. The molecule has 0 atom stereocenters. The molecule has 0 unspecified atom stereocenters. The van der Waals surface area contributed by atoms with Gasteiger partial charge in [-0.2, -0.15) is 0 Å². The van der Waals surface area contributed by atoms with Gasteiger partial charge in [-0.3, -0.25) is 9.59 Å². The van der Waals surface area contributed by atoms with Gasteiger partial charge >= 0.3 is 0 Å². The first-order valence-corrected chi connectivity index (χ1v) is 10.9. The van der Waals surface area contributed by atoms with E-state index in [0.29, 0.717) is 49.6 Å². The topological polar surface area (TPSA) is 67.9 Å². The van der Waals surface area contributed by atoms with Crippen molar-refractivity contribution in [2.24, 2.45) is 0 Å². The Bertz CT molecular complexity index is 1000. The Kier molecular flexibility index (Phi) is 5.10. The van der Waals surface area contributed by atoms with Crippen LogP contribution in [0.4, 0.5) is 5.69 Å². The van der Waals surface area contributed by atoms with E-state index in [9.17, 15) is 9.59 Å². The first kappa shape index (κ1) is 19.4. The van der Waals surface area contributed by atoms with Crippen LogP contribution in [0.5, 0.6) is 0 Å². The second kappa shape index (κ2) is 7.91. The van der Waals surface area contributed by atoms with Crippen molar-refractivity contribution in [3.05, 3.63) is 64.6 Å². The number of hydrogen-bond acceptors (Lipinski definition) is 5. The molecule has 6 nitrogen and oxygen atoms in total. The number of fused-ring (bicyclic) bond motifs is 1. The van der Waals surface area contributed by atoms with Crippen molar-refractivity contribution in [2.45, 2.75) is 23.5 Å². The molecule has 0 saturated carbocycles. The summed E-state index contributed by atoms with van der Waals surface area (Å²) < 4.78 is 11.5. The van der Waals surface area contributed by atoms with Gasteiger partial charge in [0.1, 0.15) is 0 Å². The molecule has 1 spiro atoms. The maximum Gasteiger partial charge on any atom is 0.262 e. The number of ether oxygens (including phenoxy) is 2. The molecule has 3 aliphatic rings. The fourth-order valence-electron chi connectivity index (χ4n) is 3.99. The SMILES string of the molecule is O=C1Nc2ccccc2SC1=Cc1ccc(C(=O)N2CCC3(CC2)OCCO3)cc1. The Morgan fingerprint density at radius 2 is 1.73 bits per heavy atom. The Balaban J connectivity index is 1.26. The molecule has 0 radical (unpaired) electrons. The summed E-state index contributed by atoms with van der Waals surface area (Å²) >= 11 is 1.45. The highest BCUT2D eigenvalue weighted by Crippen LogP contribution is 2.38. The van der Waals surface area contributed by atoms with E-state index in [2.05, 4.69) is 5.32 Å². The molecule has 0 aromatic heterocycles. The second-order valence-electron chi connectivity index (χ2n) is 7.58. The first-order chi connectivity index (χ1) is 14.6. The second-order valence-corrected chi connectivity index (χ2v) is 8.67. The summed E-state index contributed by atoms with van der Waals surface area (Å²) in [6.45, 7) is 2.52. The molecule has 2 fully saturated rings. The lowest BCUT2D eigenvalue weighted by molar-refractivity contribution is -0.181. The highest BCUT2D eigenvalue weighted by atomic mass is 32.2. The first-order valence-electron chi connectivity index (χ1n) is 10.1. The van der Waals surface area contributed by atoms with Crippen molar-refractivity contribution in [2.75, 3.05) is 31.6 Å². The van der Waals surface area contributed by atoms with Gasteiger partial charge in [-0.25, -0.2) is 0 Å². The van der Waals surface area contributed by atoms with Crippen LogP contribution in [0.15, 0.2) is 58.3 Å². The van der Waals surface area contributed by atoms with Gasteiger partial charge in [0.05, 0.1) is 23.8 Å². The fraction of sp³-hybridized carbons (Fsp3) is 0.304. The molecule has 0 aliphatic carbocycles. The van der Waals surface area contributed by atoms with Crippen LogP contribution in [0.2, 0.25) is 0 Å². The van der Waals surface area contributed by atoms with E-state index < -0.39 is 5.79 Å². The number of para-hydroxylation sites is 1. The number of nitrogens with zero attached hydrogens (tertiary/aromatic N) is 1. The molecule has 2 saturated heterocycles. The van der Waals surface area contributed by atoms with Crippen LogP contribution in [0.25, 0.3) is 6.08 Å². The molecule has 2 aromatic rings. The third-order valence-electron chi connectivity index (χ3n) is 5.66. The number of likely N-dealkylation sites (tertiary alicyclic amines) is 1. The van der Waals surface area contributed by atoms with E-state index in [1.807, 2.05) is 59.5 Å². The molecule has 7 heteroatoms. The van der Waals surface area contributed by atoms with E-state index in [1.54, 1.807) is 0 Å². The van der Waals surface area contributed by atoms with Gasteiger partial charge < -0.3 is 19.7 Å². The maximum absolute atomic E-state index is 12.9. The normalized spacial score (nSPS) is 21.5. The maximum atomic E-state index is 12.9. The van der Waals surface area contributed by atoms with Crippen LogP contribution in [0.1, 0.15) is 28.8 Å². The lowest BCUT2D eigenvalue weighted by atomic mass is 10.0. The molecule has 2 aromatic carbocycles. The summed E-state index contributed by atoms with van der Waals surface area (Å²) in [6.07, 6.45) is 3.26. The van der Waals surface area contributed by atoms with Gasteiger partial charge in [0.2, 0.25) is 0 Å². The number of anilines is 1. The van der Waals surface area contributed by atoms with E-state index in [4.69, 9.17) is 9.47 Å². The van der Waals surface area contributed by atoms with E-state index in [0.717, 1.165) is 16.1 Å². The minimum atomic E-state index is -0.482. The van der Waals surface area contributed by atoms with Gasteiger partial charge in [-0.1, -0.05) is 36.0 Å². The molecule has 3 aliphatic heterocycles. The van der Waals surface area contributed by atoms with Crippen molar-refractivity contribution in [3.63, 3.8) is 0 Å². The molecule has 30 heavy (non-hydrogen) atoms. The number of nitrogens with one attached hydrogen (secondary N) is 1. The predicted molar refractivity (Wildman–Crippen MR) is 115 cm³/mol. The Morgan fingerprint density at radius 3 is 2.47 bits per heavy atom. The lowest BCUT2D eigenvalue weighted by Crippen LogP contribution is -2.47. The van der Waals surface area contributed by atoms with Crippen LogP contribution in [-0.4, -0.2) is 48.8 Å². The average Bonchev–Trinajstić information content (AvgIpc) is 3.23. The van der Waals surface area contributed by atoms with Gasteiger partial charge in [-0.05, 0) is 35.9 Å². The number of carbonyl (C=O) groups excluding carboxylic acids is 2. The van der Waals surface area contributed by atoms with Gasteiger partial charge in [-0.15, -0.1) is 0 Å². The van der Waals surface area contributed by atoms with Crippen molar-refractivity contribution in [3.8, 4) is 0 Å². The van der Waals surface area contributed by atoms with Crippen LogP contribution in [0, 0.1) is 0 Å². The number of piperidine rings is 1. The smallest absolute Gasteiger partial charge is 0.262 e. The Labute approximate surface area is 179 Å². The van der Waals surface area contributed by atoms with E-state index >= 15 is 0 Å². The zero-order valence-corrected chi connectivity index (χ0v) is 17.2. The summed E-state index contributed by atoms with van der Waals surface area (Å²) in [7, 11) is 0. The van der Waals surface area contributed by atoms with Crippen LogP contribution < -0.4 is 5.32 Å². The lowest BCUT2D eigenvalue weighted by Gasteiger charge is -2.37. The zero-order valence-electron chi connectivity index (χ0n) is 16.4. The van der Waals surface area contributed by atoms with Crippen LogP contribution >= 0.6 is 11.8 Å². The quantitative estimate of drug-likeness (QED) is 0.747. The third-order valence-corrected chi connectivity index (χ3v) is 6.76. The summed E-state index contributed by atoms with van der Waals surface area (Å²) in [5.41, 5.74) is 2.36. The predicted octanol–water partition coefficient (Wildman–Crippen LogP) is 3.75. The average molecular weight is 423 g/mol. The number of thioether (sulfide) groups is 1. The summed E-state index contributed by atoms with van der Waals surface area (Å²) in [5.74, 6) is -0.581. The number of hydrogen-bond donors (Lipinski definition) is 1. The van der Waals surface area contributed by atoms with Crippen molar-refractivity contribution < 1.29 is 19.1 Å². The van der Waals surface area contributed by atoms with Gasteiger partial charge in [0, 0.05) is 36.4 Å². The molecule has 3 heterocycles. The molecule has 5 rings (SSSR count). The van der Waals surface area contributed by atoms with Crippen molar-refractivity contribution >= 4 is 35.3 Å². The summed E-state index contributed by atoms with van der Waals surface area (Å²) in [5, 5.41) is 2.91. The standard InChI is InChI=1S/C23H22N2O4S/c26-21-20(30-19-4-2-1-3-18(19)24-21)15-16-5-7-17(8-6-16)22(27)25-11-9-23(10-12-25)28-13-14-29-23/h1-8,15H,9-14H2,(H,24,26). The molecule has 2 amide bonds. The third kappa shape index (κ3) is 3.76. The van der Waals surface area contributed by atoms with Crippen molar-refractivity contribution in [1.29, 1.82) is 0 Å².